The quantitative estimate of drug-likeness (QED) is 0.423. The van der Waals surface area contributed by atoms with Gasteiger partial charge in [0.05, 0.1) is 24.3 Å². The molecule has 1 aromatic heterocycles. The van der Waals surface area contributed by atoms with E-state index in [1.807, 2.05) is 0 Å². The van der Waals surface area contributed by atoms with Crippen LogP contribution < -0.4 is 15.4 Å². The van der Waals surface area contributed by atoms with E-state index in [2.05, 4.69) is 20.6 Å². The van der Waals surface area contributed by atoms with E-state index in [1.165, 1.54) is 20.5 Å². The molecule has 0 aliphatic heterocycles. The van der Waals surface area contributed by atoms with Crippen molar-refractivity contribution in [2.75, 3.05) is 38.0 Å². The van der Waals surface area contributed by atoms with Gasteiger partial charge < -0.3 is 20.1 Å². The number of ether oxygens (including phenoxy) is 2. The van der Waals surface area contributed by atoms with Gasteiger partial charge in [0, 0.05) is 18.7 Å². The van der Waals surface area contributed by atoms with Gasteiger partial charge in [-0.2, -0.15) is 0 Å². The van der Waals surface area contributed by atoms with Gasteiger partial charge in [-0.25, -0.2) is 9.97 Å². The molecule has 2 rings (SSSR count). The summed E-state index contributed by atoms with van der Waals surface area (Å²) in [5, 5.41) is 17.6. The zero-order chi connectivity index (χ0) is 17.5. The minimum absolute atomic E-state index is 0.0236. The van der Waals surface area contributed by atoms with Gasteiger partial charge in [-0.15, -0.1) is 0 Å². The first-order valence-corrected chi connectivity index (χ1v) is 7.27. The second-order valence-corrected chi connectivity index (χ2v) is 5.00. The molecule has 2 N–H and O–H groups in total. The number of hydrogen-bond donors (Lipinski definition) is 2. The van der Waals surface area contributed by atoms with E-state index in [0.29, 0.717) is 29.6 Å². The number of rotatable bonds is 8. The van der Waals surface area contributed by atoms with Crippen LogP contribution >= 0.6 is 11.6 Å². The molecular formula is C14H16ClN5O4. The third kappa shape index (κ3) is 4.21. The fraction of sp³-hybridized carbons (Fsp3) is 0.286. The summed E-state index contributed by atoms with van der Waals surface area (Å²) in [6.45, 7) is 0.750. The molecule has 0 amide bonds. The summed E-state index contributed by atoms with van der Waals surface area (Å²) in [5.41, 5.74) is 0.172. The highest BCUT2D eigenvalue weighted by Gasteiger charge is 2.23. The van der Waals surface area contributed by atoms with Gasteiger partial charge in [-0.3, -0.25) is 10.1 Å². The normalized spacial score (nSPS) is 10.3. The third-order valence-corrected chi connectivity index (χ3v) is 3.25. The van der Waals surface area contributed by atoms with Crippen molar-refractivity contribution in [2.24, 2.45) is 0 Å². The minimum atomic E-state index is -0.561. The Morgan fingerprint density at radius 3 is 2.71 bits per heavy atom. The number of methoxy groups -OCH3 is 2. The molecule has 2 aromatic rings. The lowest BCUT2D eigenvalue weighted by atomic mass is 10.3. The van der Waals surface area contributed by atoms with E-state index in [9.17, 15) is 10.1 Å². The Morgan fingerprint density at radius 1 is 1.29 bits per heavy atom. The SMILES string of the molecule is COCCNc1ncnc(Nc2cc(Cl)ccc2OC)c1[N+](=O)[O-]. The average molecular weight is 354 g/mol. The maximum atomic E-state index is 11.4. The zero-order valence-electron chi connectivity index (χ0n) is 13.1. The van der Waals surface area contributed by atoms with Crippen LogP contribution in [-0.4, -0.2) is 42.3 Å². The standard InChI is InChI=1S/C14H16ClN5O4/c1-23-6-5-16-13-12(20(21)22)14(18-8-17-13)19-10-7-9(15)3-4-11(10)24-2/h3-4,7-8H,5-6H2,1-2H3,(H2,16,17,18,19). The molecule has 128 valence electrons. The van der Waals surface area contributed by atoms with Crippen molar-refractivity contribution in [2.45, 2.75) is 0 Å². The Balaban J connectivity index is 2.38. The summed E-state index contributed by atoms with van der Waals surface area (Å²) in [6.07, 6.45) is 1.22. The Kier molecular flexibility index (Phi) is 6.10. The molecule has 1 heterocycles. The maximum absolute atomic E-state index is 11.4. The highest BCUT2D eigenvalue weighted by atomic mass is 35.5. The number of benzene rings is 1. The number of hydrogen-bond acceptors (Lipinski definition) is 8. The molecule has 0 saturated carbocycles. The van der Waals surface area contributed by atoms with Gasteiger partial charge in [-0.05, 0) is 18.2 Å². The molecule has 1 aromatic carbocycles. The van der Waals surface area contributed by atoms with Crippen molar-refractivity contribution >= 4 is 34.6 Å². The van der Waals surface area contributed by atoms with Gasteiger partial charge in [0.2, 0.25) is 11.6 Å². The van der Waals surface area contributed by atoms with Crippen molar-refractivity contribution in [1.82, 2.24) is 9.97 Å². The topological polar surface area (TPSA) is 111 Å². The Morgan fingerprint density at radius 2 is 2.04 bits per heavy atom. The zero-order valence-corrected chi connectivity index (χ0v) is 13.8. The fourth-order valence-electron chi connectivity index (χ4n) is 1.95. The van der Waals surface area contributed by atoms with Gasteiger partial charge in [0.25, 0.3) is 0 Å². The van der Waals surface area contributed by atoms with Crippen LogP contribution in [0.3, 0.4) is 0 Å². The highest BCUT2D eigenvalue weighted by molar-refractivity contribution is 6.31. The first kappa shape index (κ1) is 17.7. The van der Waals surface area contributed by atoms with E-state index in [4.69, 9.17) is 21.1 Å². The third-order valence-electron chi connectivity index (χ3n) is 3.02. The van der Waals surface area contributed by atoms with E-state index in [1.54, 1.807) is 18.2 Å². The molecule has 24 heavy (non-hydrogen) atoms. The van der Waals surface area contributed by atoms with Crippen LogP contribution in [0.15, 0.2) is 24.5 Å². The lowest BCUT2D eigenvalue weighted by molar-refractivity contribution is -0.383. The molecule has 9 nitrogen and oxygen atoms in total. The lowest BCUT2D eigenvalue weighted by Gasteiger charge is -2.12. The molecular weight excluding hydrogens is 338 g/mol. The van der Waals surface area contributed by atoms with Crippen LogP contribution in [0.2, 0.25) is 5.02 Å². The average Bonchev–Trinajstić information content (AvgIpc) is 2.55. The van der Waals surface area contributed by atoms with Crippen molar-refractivity contribution in [3.05, 3.63) is 39.7 Å². The van der Waals surface area contributed by atoms with Crippen LogP contribution in [0, 0.1) is 10.1 Å². The largest absolute Gasteiger partial charge is 0.495 e. The van der Waals surface area contributed by atoms with Crippen LogP contribution in [-0.2, 0) is 4.74 Å². The Labute approximate surface area is 143 Å². The predicted octanol–water partition coefficient (Wildman–Crippen LogP) is 2.85. The molecule has 0 radical (unpaired) electrons. The summed E-state index contributed by atoms with van der Waals surface area (Å²) >= 11 is 5.97. The monoisotopic (exact) mass is 353 g/mol. The predicted molar refractivity (Wildman–Crippen MR) is 90.3 cm³/mol. The van der Waals surface area contributed by atoms with Gasteiger partial charge >= 0.3 is 5.69 Å². The number of anilines is 3. The number of nitrogens with zero attached hydrogens (tertiary/aromatic N) is 3. The maximum Gasteiger partial charge on any atom is 0.353 e. The number of nitro groups is 1. The fourth-order valence-corrected chi connectivity index (χ4v) is 2.12. The van der Waals surface area contributed by atoms with Crippen molar-refractivity contribution in [1.29, 1.82) is 0 Å². The van der Waals surface area contributed by atoms with Crippen LogP contribution in [0.4, 0.5) is 23.0 Å². The molecule has 0 spiro atoms. The highest BCUT2D eigenvalue weighted by Crippen LogP contribution is 2.35. The second kappa shape index (κ2) is 8.27. The summed E-state index contributed by atoms with van der Waals surface area (Å²) in [4.78, 5) is 18.8. The summed E-state index contributed by atoms with van der Waals surface area (Å²) in [7, 11) is 3.02. The van der Waals surface area contributed by atoms with Gasteiger partial charge in [0.15, 0.2) is 0 Å². The summed E-state index contributed by atoms with van der Waals surface area (Å²) in [5.74, 6) is 0.590. The molecule has 0 atom stereocenters. The van der Waals surface area contributed by atoms with Crippen LogP contribution in [0.25, 0.3) is 0 Å². The molecule has 0 fully saturated rings. The molecule has 0 saturated heterocycles. The van der Waals surface area contributed by atoms with E-state index >= 15 is 0 Å². The van der Waals surface area contributed by atoms with Crippen molar-refractivity contribution < 1.29 is 14.4 Å². The van der Waals surface area contributed by atoms with Crippen LogP contribution in [0.5, 0.6) is 5.75 Å². The summed E-state index contributed by atoms with van der Waals surface area (Å²) < 4.78 is 10.1. The molecule has 0 aliphatic rings. The van der Waals surface area contributed by atoms with E-state index < -0.39 is 4.92 Å². The minimum Gasteiger partial charge on any atom is -0.495 e. The molecule has 0 unspecified atom stereocenters. The van der Waals surface area contributed by atoms with Gasteiger partial charge in [-0.1, -0.05) is 11.6 Å². The van der Waals surface area contributed by atoms with Crippen LogP contribution in [0.1, 0.15) is 0 Å². The number of nitrogens with one attached hydrogen (secondary N) is 2. The van der Waals surface area contributed by atoms with E-state index in [-0.39, 0.29) is 17.3 Å². The number of aromatic nitrogens is 2. The molecule has 10 heteroatoms. The second-order valence-electron chi connectivity index (χ2n) is 4.57. The van der Waals surface area contributed by atoms with E-state index in [0.717, 1.165) is 0 Å². The molecule has 0 bridgehead atoms. The van der Waals surface area contributed by atoms with Crippen molar-refractivity contribution in [3.8, 4) is 5.75 Å². The molecule has 0 aliphatic carbocycles. The van der Waals surface area contributed by atoms with Crippen molar-refractivity contribution in [3.63, 3.8) is 0 Å². The first-order valence-electron chi connectivity index (χ1n) is 6.89. The lowest BCUT2D eigenvalue weighted by Crippen LogP contribution is -2.12. The Hall–Kier alpha value is -2.65. The summed E-state index contributed by atoms with van der Waals surface area (Å²) in [6, 6.07) is 4.89. The first-order chi connectivity index (χ1) is 11.6. The number of halogens is 1. The van der Waals surface area contributed by atoms with Gasteiger partial charge in [0.1, 0.15) is 12.1 Å². The Bertz CT molecular complexity index is 728. The smallest absolute Gasteiger partial charge is 0.353 e.